The van der Waals surface area contributed by atoms with Crippen molar-refractivity contribution >= 4 is 34.2 Å². The minimum absolute atomic E-state index is 0.00492. The molecule has 0 bridgehead atoms. The van der Waals surface area contributed by atoms with E-state index in [0.29, 0.717) is 17.2 Å². The molecule has 2 aromatic heterocycles. The van der Waals surface area contributed by atoms with E-state index in [4.69, 9.17) is 10.2 Å². The average Bonchev–Trinajstić information content (AvgIpc) is 3.34. The third-order valence-corrected chi connectivity index (χ3v) is 4.59. The molecule has 1 atom stereocenters. The summed E-state index contributed by atoms with van der Waals surface area (Å²) < 4.78 is 5.09. The molecular formula is C19H18N4O4S. The van der Waals surface area contributed by atoms with Crippen molar-refractivity contribution < 1.29 is 18.8 Å². The molecular weight excluding hydrogens is 380 g/mol. The first-order chi connectivity index (χ1) is 13.5. The molecule has 144 valence electrons. The fourth-order valence-electron chi connectivity index (χ4n) is 2.51. The summed E-state index contributed by atoms with van der Waals surface area (Å²) in [5, 5.41) is 7.33. The second-order valence-corrected chi connectivity index (χ2v) is 6.83. The van der Waals surface area contributed by atoms with Crippen LogP contribution >= 0.6 is 11.3 Å². The number of nitrogens with zero attached hydrogens (tertiary/aromatic N) is 1. The number of thiazole rings is 1. The highest BCUT2D eigenvalue weighted by Crippen LogP contribution is 2.17. The maximum Gasteiger partial charge on any atom is 0.287 e. The summed E-state index contributed by atoms with van der Waals surface area (Å²) in [5.41, 5.74) is 6.52. The Kier molecular flexibility index (Phi) is 6.18. The first-order valence-corrected chi connectivity index (χ1v) is 9.31. The lowest BCUT2D eigenvalue weighted by atomic mass is 10.1. The van der Waals surface area contributed by atoms with Crippen LogP contribution in [0, 0.1) is 0 Å². The van der Waals surface area contributed by atoms with Crippen LogP contribution in [0.3, 0.4) is 0 Å². The molecule has 3 aromatic rings. The minimum Gasteiger partial charge on any atom is -0.459 e. The molecule has 4 N–H and O–H groups in total. The van der Waals surface area contributed by atoms with Gasteiger partial charge in [-0.15, -0.1) is 11.3 Å². The van der Waals surface area contributed by atoms with Gasteiger partial charge >= 0.3 is 0 Å². The van der Waals surface area contributed by atoms with Gasteiger partial charge in [0.05, 0.1) is 18.4 Å². The van der Waals surface area contributed by atoms with Crippen molar-refractivity contribution in [3.8, 4) is 0 Å². The number of rotatable bonds is 8. The highest BCUT2D eigenvalue weighted by molar-refractivity contribution is 7.13. The van der Waals surface area contributed by atoms with Gasteiger partial charge in [-0.05, 0) is 17.7 Å². The SMILES string of the molecule is NC(=O)Cc1csc(NC(=O)C(Cc2ccccc2)NC(=O)c2ccco2)n1. The van der Waals surface area contributed by atoms with Gasteiger partial charge in [0.15, 0.2) is 10.9 Å². The molecule has 1 aromatic carbocycles. The molecule has 1 unspecified atom stereocenters. The van der Waals surface area contributed by atoms with E-state index in [0.717, 1.165) is 5.56 Å². The van der Waals surface area contributed by atoms with Crippen LogP contribution in [0.4, 0.5) is 5.13 Å². The lowest BCUT2D eigenvalue weighted by molar-refractivity contribution is -0.118. The van der Waals surface area contributed by atoms with Gasteiger partial charge in [-0.25, -0.2) is 4.98 Å². The molecule has 0 radical (unpaired) electrons. The van der Waals surface area contributed by atoms with E-state index >= 15 is 0 Å². The zero-order chi connectivity index (χ0) is 19.9. The molecule has 0 aliphatic carbocycles. The van der Waals surface area contributed by atoms with Gasteiger partial charge in [0.1, 0.15) is 6.04 Å². The van der Waals surface area contributed by atoms with E-state index in [1.807, 2.05) is 30.3 Å². The zero-order valence-corrected chi connectivity index (χ0v) is 15.6. The fourth-order valence-corrected chi connectivity index (χ4v) is 3.23. The number of hydrogen-bond donors (Lipinski definition) is 3. The maximum absolute atomic E-state index is 12.8. The van der Waals surface area contributed by atoms with Crippen molar-refractivity contribution in [1.29, 1.82) is 0 Å². The van der Waals surface area contributed by atoms with Crippen molar-refractivity contribution in [2.24, 2.45) is 5.73 Å². The van der Waals surface area contributed by atoms with Gasteiger partial charge in [-0.3, -0.25) is 14.4 Å². The number of amides is 3. The number of aromatic nitrogens is 1. The minimum atomic E-state index is -0.844. The summed E-state index contributed by atoms with van der Waals surface area (Å²) in [6, 6.07) is 11.6. The Hall–Kier alpha value is -3.46. The Balaban J connectivity index is 1.73. The molecule has 8 nitrogen and oxygen atoms in total. The summed E-state index contributed by atoms with van der Waals surface area (Å²) in [6.07, 6.45) is 1.67. The smallest absolute Gasteiger partial charge is 0.287 e. The van der Waals surface area contributed by atoms with Crippen LogP contribution in [0.5, 0.6) is 0 Å². The predicted octanol–water partition coefficient (Wildman–Crippen LogP) is 1.74. The van der Waals surface area contributed by atoms with Crippen molar-refractivity contribution in [1.82, 2.24) is 10.3 Å². The van der Waals surface area contributed by atoms with Crippen LogP contribution in [0.2, 0.25) is 0 Å². The van der Waals surface area contributed by atoms with Crippen LogP contribution < -0.4 is 16.4 Å². The highest BCUT2D eigenvalue weighted by Gasteiger charge is 2.24. The third kappa shape index (κ3) is 5.27. The first kappa shape index (κ1) is 19.3. The lowest BCUT2D eigenvalue weighted by Gasteiger charge is -2.17. The van der Waals surface area contributed by atoms with E-state index < -0.39 is 23.8 Å². The quantitative estimate of drug-likeness (QED) is 0.533. The van der Waals surface area contributed by atoms with Crippen LogP contribution in [0.15, 0.2) is 58.5 Å². The van der Waals surface area contributed by atoms with Crippen molar-refractivity contribution in [2.75, 3.05) is 5.32 Å². The highest BCUT2D eigenvalue weighted by atomic mass is 32.1. The summed E-state index contributed by atoms with van der Waals surface area (Å²) >= 11 is 1.18. The summed E-state index contributed by atoms with van der Waals surface area (Å²) in [6.45, 7) is 0. The van der Waals surface area contributed by atoms with Crippen LogP contribution in [-0.4, -0.2) is 28.7 Å². The molecule has 3 amide bonds. The molecule has 0 saturated heterocycles. The van der Waals surface area contributed by atoms with Gasteiger partial charge in [0.2, 0.25) is 11.8 Å². The summed E-state index contributed by atoms with van der Waals surface area (Å²) in [7, 11) is 0. The van der Waals surface area contributed by atoms with Gasteiger partial charge < -0.3 is 20.8 Å². The number of nitrogens with two attached hydrogens (primary N) is 1. The molecule has 0 spiro atoms. The molecule has 9 heteroatoms. The number of nitrogens with one attached hydrogen (secondary N) is 2. The summed E-state index contributed by atoms with van der Waals surface area (Å²) in [4.78, 5) is 40.3. The first-order valence-electron chi connectivity index (χ1n) is 8.43. The molecule has 2 heterocycles. The topological polar surface area (TPSA) is 127 Å². The van der Waals surface area contributed by atoms with E-state index in [1.54, 1.807) is 11.4 Å². The second-order valence-electron chi connectivity index (χ2n) is 5.97. The van der Waals surface area contributed by atoms with Crippen LogP contribution in [0.1, 0.15) is 21.8 Å². The van der Waals surface area contributed by atoms with Gasteiger partial charge in [-0.2, -0.15) is 0 Å². The molecule has 3 rings (SSSR count). The molecule has 0 fully saturated rings. The lowest BCUT2D eigenvalue weighted by Crippen LogP contribution is -2.45. The predicted molar refractivity (Wildman–Crippen MR) is 104 cm³/mol. The second kappa shape index (κ2) is 8.96. The van der Waals surface area contributed by atoms with Gasteiger partial charge in [0, 0.05) is 11.8 Å². The normalized spacial score (nSPS) is 11.6. The fraction of sp³-hybridized carbons (Fsp3) is 0.158. The average molecular weight is 398 g/mol. The Morgan fingerprint density at radius 3 is 2.61 bits per heavy atom. The number of carbonyl (C=O) groups is 3. The molecule has 0 aliphatic heterocycles. The van der Waals surface area contributed by atoms with E-state index in [-0.39, 0.29) is 12.2 Å². The van der Waals surface area contributed by atoms with Crippen LogP contribution in [-0.2, 0) is 22.4 Å². The van der Waals surface area contributed by atoms with Crippen molar-refractivity contribution in [2.45, 2.75) is 18.9 Å². The van der Waals surface area contributed by atoms with Crippen molar-refractivity contribution in [3.05, 3.63) is 71.1 Å². The molecule has 0 aliphatic rings. The third-order valence-electron chi connectivity index (χ3n) is 3.79. The summed E-state index contributed by atoms with van der Waals surface area (Å²) in [5.74, 6) is -1.31. The van der Waals surface area contributed by atoms with E-state index in [1.165, 1.54) is 23.7 Å². The Bertz CT molecular complexity index is 953. The number of hydrogen-bond acceptors (Lipinski definition) is 6. The molecule has 0 saturated carbocycles. The number of furan rings is 1. The number of primary amides is 1. The standard InChI is InChI=1S/C19H18N4O4S/c20-16(24)10-13-11-28-19(21-13)23-17(25)14(9-12-5-2-1-3-6-12)22-18(26)15-7-4-8-27-15/h1-8,11,14H,9-10H2,(H2,20,24)(H,22,26)(H,21,23,25). The zero-order valence-electron chi connectivity index (χ0n) is 14.8. The largest absolute Gasteiger partial charge is 0.459 e. The van der Waals surface area contributed by atoms with Gasteiger partial charge in [-0.1, -0.05) is 30.3 Å². The van der Waals surface area contributed by atoms with E-state index in [2.05, 4.69) is 15.6 Å². The Labute approximate surface area is 164 Å². The van der Waals surface area contributed by atoms with Crippen LogP contribution in [0.25, 0.3) is 0 Å². The number of anilines is 1. The molecule has 28 heavy (non-hydrogen) atoms. The number of carbonyl (C=O) groups excluding carboxylic acids is 3. The number of benzene rings is 1. The van der Waals surface area contributed by atoms with Gasteiger partial charge in [0.25, 0.3) is 5.91 Å². The van der Waals surface area contributed by atoms with E-state index in [9.17, 15) is 14.4 Å². The van der Waals surface area contributed by atoms with Crippen molar-refractivity contribution in [3.63, 3.8) is 0 Å². The maximum atomic E-state index is 12.8. The Morgan fingerprint density at radius 1 is 1.14 bits per heavy atom. The Morgan fingerprint density at radius 2 is 1.93 bits per heavy atom. The monoisotopic (exact) mass is 398 g/mol.